The number of alkyl halides is 2. The second-order valence-corrected chi connectivity index (χ2v) is 12.1. The average molecular weight is 659 g/mol. The second kappa shape index (κ2) is 11.6. The molecule has 246 valence electrons. The first-order valence-corrected chi connectivity index (χ1v) is 15.5. The van der Waals surface area contributed by atoms with Crippen molar-refractivity contribution in [3.05, 3.63) is 115 Å². The summed E-state index contributed by atoms with van der Waals surface area (Å²) >= 11 is 0. The van der Waals surface area contributed by atoms with Crippen molar-refractivity contribution in [2.24, 2.45) is 0 Å². The van der Waals surface area contributed by atoms with Crippen LogP contribution in [0, 0.1) is 19.7 Å². The molecule has 3 aliphatic rings. The van der Waals surface area contributed by atoms with E-state index in [0.29, 0.717) is 33.7 Å². The molecule has 0 atom stereocenters. The largest absolute Gasteiger partial charge is 0.565 e. The Balaban J connectivity index is 1.01. The number of pyridine rings is 1. The van der Waals surface area contributed by atoms with Crippen molar-refractivity contribution >= 4 is 34.5 Å². The number of fused-ring (bicyclic) bond motifs is 3. The van der Waals surface area contributed by atoms with Crippen LogP contribution in [0.5, 0.6) is 0 Å². The summed E-state index contributed by atoms with van der Waals surface area (Å²) in [5.41, 5.74) is 1.56. The Morgan fingerprint density at radius 1 is 1.02 bits per heavy atom. The van der Waals surface area contributed by atoms with Crippen LogP contribution in [-0.2, 0) is 17.5 Å². The summed E-state index contributed by atoms with van der Waals surface area (Å²) in [7, 11) is 0. The van der Waals surface area contributed by atoms with Gasteiger partial charge in [-0.05, 0) is 43.7 Å². The monoisotopic (exact) mass is 658 g/mol. The van der Waals surface area contributed by atoms with Crippen LogP contribution in [0.2, 0.25) is 0 Å². The minimum atomic E-state index is -3.32. The molecule has 0 spiro atoms. The third kappa shape index (κ3) is 5.17. The molecule has 0 radical (unpaired) electrons. The Morgan fingerprint density at radius 2 is 1.75 bits per heavy atom. The first-order chi connectivity index (χ1) is 22.9. The molecule has 2 amide bonds. The van der Waals surface area contributed by atoms with Crippen LogP contribution < -0.4 is 11.2 Å². The van der Waals surface area contributed by atoms with Gasteiger partial charge in [-0.15, -0.1) is 13.4 Å². The minimum absolute atomic E-state index is 0.00513. The number of nitrogens with zero attached hydrogens (tertiary/aromatic N) is 6. The molecule has 14 heteroatoms. The highest BCUT2D eigenvalue weighted by Crippen LogP contribution is 2.39. The number of H-pyrrole nitrogens is 1. The molecule has 1 fully saturated rings. The molecular formula is C34H31F3N7O4+. The standard InChI is InChI=1S/C34H30F3N7O4/c1-20-15-21(2)43-29(20)17-24-8-7-23(44(24)34(43,36)37)9-10-30(45)40-11-13-41(14-12-40)32(47)26-16-22(38-18-27(26)35)19-42-28-6-4-3-5-25(28)31(46)39-33(42)48/h3-8,15-18H,9-14,19H2,1-2H3/p+1. The lowest BCUT2D eigenvalue weighted by atomic mass is 10.1. The molecule has 3 aliphatic heterocycles. The Labute approximate surface area is 271 Å². The van der Waals surface area contributed by atoms with E-state index in [4.69, 9.17) is 0 Å². The molecule has 7 rings (SSSR count). The van der Waals surface area contributed by atoms with Crippen LogP contribution in [0.3, 0.4) is 0 Å². The van der Waals surface area contributed by atoms with Crippen LogP contribution in [-0.4, -0.2) is 77.2 Å². The van der Waals surface area contributed by atoms with E-state index in [1.807, 2.05) is 0 Å². The summed E-state index contributed by atoms with van der Waals surface area (Å²) < 4.78 is 49.5. The number of aromatic nitrogens is 4. The Bertz CT molecular complexity index is 2240. The Kier molecular flexibility index (Phi) is 7.52. The van der Waals surface area contributed by atoms with Crippen molar-refractivity contribution in [2.45, 2.75) is 39.4 Å². The topological polar surface area (TPSA) is 116 Å². The van der Waals surface area contributed by atoms with E-state index in [2.05, 4.69) is 9.97 Å². The van der Waals surface area contributed by atoms with Gasteiger partial charge in [-0.25, -0.2) is 13.8 Å². The number of halogens is 3. The number of rotatable bonds is 6. The number of aryl methyl sites for hydroxylation is 2. The van der Waals surface area contributed by atoms with Gasteiger partial charge >= 0.3 is 11.9 Å². The summed E-state index contributed by atoms with van der Waals surface area (Å²) in [6.07, 6.45) is 2.68. The predicted octanol–water partition coefficient (Wildman–Crippen LogP) is 3.34. The number of amides is 2. The van der Waals surface area contributed by atoms with Gasteiger partial charge in [0.05, 0.1) is 40.6 Å². The van der Waals surface area contributed by atoms with Crippen LogP contribution in [0.4, 0.5) is 13.2 Å². The van der Waals surface area contributed by atoms with E-state index in [9.17, 15) is 23.6 Å². The summed E-state index contributed by atoms with van der Waals surface area (Å²) in [5.74, 6) is -1.65. The maximum Gasteiger partial charge on any atom is 0.565 e. The van der Waals surface area contributed by atoms with E-state index >= 15 is 8.78 Å². The van der Waals surface area contributed by atoms with Crippen LogP contribution in [0.15, 0.2) is 70.0 Å². The zero-order valence-corrected chi connectivity index (χ0v) is 26.2. The van der Waals surface area contributed by atoms with Gasteiger partial charge in [-0.3, -0.25) is 28.9 Å². The zero-order valence-electron chi connectivity index (χ0n) is 26.2. The second-order valence-electron chi connectivity index (χ2n) is 12.1. The zero-order chi connectivity index (χ0) is 33.9. The highest BCUT2D eigenvalue weighted by Gasteiger charge is 2.54. The molecule has 1 aromatic carbocycles. The average Bonchev–Trinajstić information content (AvgIpc) is 3.62. The Hall–Kier alpha value is -5.53. The summed E-state index contributed by atoms with van der Waals surface area (Å²) in [6, 6.07) is 9.54. The maximum atomic E-state index is 15.7. The number of hydrogen-bond donors (Lipinski definition) is 1. The number of hydrogen-bond acceptors (Lipinski definition) is 5. The van der Waals surface area contributed by atoms with Crippen molar-refractivity contribution in [2.75, 3.05) is 26.2 Å². The lowest BCUT2D eigenvalue weighted by molar-refractivity contribution is -0.674. The lowest BCUT2D eigenvalue weighted by Gasteiger charge is -2.35. The molecule has 0 unspecified atom stereocenters. The third-order valence-electron chi connectivity index (χ3n) is 9.12. The molecule has 1 N–H and O–H groups in total. The van der Waals surface area contributed by atoms with Crippen molar-refractivity contribution in [3.63, 3.8) is 0 Å². The molecule has 6 heterocycles. The number of para-hydroxylation sites is 1. The fraction of sp³-hybridized carbons (Fsp3) is 0.294. The molecule has 3 aromatic heterocycles. The van der Waals surface area contributed by atoms with E-state index in [-0.39, 0.29) is 62.7 Å². The number of carbonyl (C=O) groups excluding carboxylic acids is 2. The molecule has 0 aliphatic carbocycles. The molecular weight excluding hydrogens is 627 g/mol. The van der Waals surface area contributed by atoms with Gasteiger partial charge in [0, 0.05) is 62.9 Å². The van der Waals surface area contributed by atoms with Crippen molar-refractivity contribution in [1.29, 1.82) is 0 Å². The summed E-state index contributed by atoms with van der Waals surface area (Å²) in [6.45, 7) is 4.02. The minimum Gasteiger partial charge on any atom is -0.339 e. The third-order valence-corrected chi connectivity index (χ3v) is 9.12. The van der Waals surface area contributed by atoms with Gasteiger partial charge in [0.1, 0.15) is 0 Å². The number of nitrogens with one attached hydrogen (secondary N) is 1. The van der Waals surface area contributed by atoms with Crippen molar-refractivity contribution in [3.8, 4) is 0 Å². The lowest BCUT2D eigenvalue weighted by Crippen LogP contribution is -2.50. The molecule has 48 heavy (non-hydrogen) atoms. The van der Waals surface area contributed by atoms with Crippen LogP contribution in [0.25, 0.3) is 17.0 Å². The van der Waals surface area contributed by atoms with Gasteiger partial charge < -0.3 is 9.80 Å². The first-order valence-electron chi connectivity index (χ1n) is 15.5. The smallest absolute Gasteiger partial charge is 0.339 e. The summed E-state index contributed by atoms with van der Waals surface area (Å²) in [4.78, 5) is 60.7. The van der Waals surface area contributed by atoms with E-state index in [1.165, 1.54) is 15.5 Å². The molecule has 11 nitrogen and oxygen atoms in total. The fourth-order valence-electron chi connectivity index (χ4n) is 6.74. The number of benzene rings is 1. The van der Waals surface area contributed by atoms with Gasteiger partial charge in [-0.2, -0.15) is 0 Å². The molecule has 0 saturated carbocycles. The number of allylic oxidation sites excluding steroid dienone is 2. The molecule has 4 aromatic rings. The highest BCUT2D eigenvalue weighted by atomic mass is 19.3. The predicted molar refractivity (Wildman–Crippen MR) is 170 cm³/mol. The van der Waals surface area contributed by atoms with E-state index in [1.54, 1.807) is 67.3 Å². The van der Waals surface area contributed by atoms with Gasteiger partial charge in [0.2, 0.25) is 11.6 Å². The van der Waals surface area contributed by atoms with Crippen LogP contribution >= 0.6 is 0 Å². The van der Waals surface area contributed by atoms with Crippen molar-refractivity contribution in [1.82, 2.24) is 28.9 Å². The maximum absolute atomic E-state index is 15.7. The van der Waals surface area contributed by atoms with E-state index in [0.717, 1.165) is 20.9 Å². The van der Waals surface area contributed by atoms with Crippen LogP contribution in [0.1, 0.15) is 45.8 Å². The highest BCUT2D eigenvalue weighted by molar-refractivity contribution is 5.96. The van der Waals surface area contributed by atoms with Crippen molar-refractivity contribution < 1.29 is 27.3 Å². The fourth-order valence-corrected chi connectivity index (χ4v) is 6.74. The quantitative estimate of drug-likeness (QED) is 0.252. The number of carbonyl (C=O) groups is 2. The summed E-state index contributed by atoms with van der Waals surface area (Å²) in [5, 5.41) is 0.299. The van der Waals surface area contributed by atoms with Gasteiger partial charge in [0.25, 0.3) is 11.5 Å². The number of piperazine rings is 1. The SMILES string of the molecule is Cc1cc(C)n2c1C=C1C=CC(CCC(=O)N3CCN(C(=O)c4cc(Cn5c(=O)[nH]c(=O)c6ccccc65)ncc4F)CC3)=[N+]1C2(F)F. The van der Waals surface area contributed by atoms with Gasteiger partial charge in [-0.1, -0.05) is 12.1 Å². The number of aromatic amines is 1. The Morgan fingerprint density at radius 3 is 2.52 bits per heavy atom. The first kappa shape index (κ1) is 31.1. The normalized spacial score (nSPS) is 16.7. The molecule has 0 bridgehead atoms. The van der Waals surface area contributed by atoms with E-state index < -0.39 is 29.1 Å². The van der Waals surface area contributed by atoms with Gasteiger partial charge in [0.15, 0.2) is 11.5 Å². The molecule has 1 saturated heterocycles.